The van der Waals surface area contributed by atoms with Crippen LogP contribution in [0.15, 0.2) is 48.5 Å². The number of hydrogen-bond acceptors (Lipinski definition) is 3. The third-order valence-corrected chi connectivity index (χ3v) is 4.36. The molecule has 1 saturated heterocycles. The van der Waals surface area contributed by atoms with Gasteiger partial charge in [-0.15, -0.1) is 0 Å². The molecule has 2 aromatic carbocycles. The zero-order valence-corrected chi connectivity index (χ0v) is 12.8. The lowest BCUT2D eigenvalue weighted by atomic mass is 10.0. The average Bonchev–Trinajstić information content (AvgIpc) is 3.08. The molecule has 1 aliphatic rings. The molecule has 4 rings (SSSR count). The number of anilines is 1. The van der Waals surface area contributed by atoms with Crippen LogP contribution in [0.1, 0.15) is 18.4 Å². The molecular formula is C19H19N3. The Balaban J connectivity index is 1.98. The van der Waals surface area contributed by atoms with Crippen LogP contribution in [0.5, 0.6) is 0 Å². The molecule has 110 valence electrons. The summed E-state index contributed by atoms with van der Waals surface area (Å²) >= 11 is 0. The molecule has 2 heterocycles. The van der Waals surface area contributed by atoms with E-state index in [9.17, 15) is 0 Å². The Bertz CT molecular complexity index is 820. The first-order valence-corrected chi connectivity index (χ1v) is 7.91. The standard InChI is InChI=1S/C19H19N3/c1-14-8-2-3-9-15(14)18-19(22-12-6-7-13-22)21-17-11-5-4-10-16(17)20-18/h2-5,8-11H,6-7,12-13H2,1H3. The van der Waals surface area contributed by atoms with Crippen molar-refractivity contribution in [1.82, 2.24) is 9.97 Å². The van der Waals surface area contributed by atoms with Crippen molar-refractivity contribution in [3.8, 4) is 11.3 Å². The molecule has 0 unspecified atom stereocenters. The minimum Gasteiger partial charge on any atom is -0.355 e. The third kappa shape index (κ3) is 2.23. The Kier molecular flexibility index (Phi) is 3.26. The summed E-state index contributed by atoms with van der Waals surface area (Å²) in [6.07, 6.45) is 2.48. The fraction of sp³-hybridized carbons (Fsp3) is 0.263. The van der Waals surface area contributed by atoms with Crippen molar-refractivity contribution < 1.29 is 0 Å². The molecule has 0 aliphatic carbocycles. The number of para-hydroxylation sites is 2. The van der Waals surface area contributed by atoms with E-state index in [0.717, 1.165) is 35.6 Å². The van der Waals surface area contributed by atoms with Crippen LogP contribution in [0.25, 0.3) is 22.3 Å². The number of fused-ring (bicyclic) bond motifs is 1. The minimum atomic E-state index is 0.962. The molecule has 3 nitrogen and oxygen atoms in total. The Morgan fingerprint density at radius 2 is 1.45 bits per heavy atom. The van der Waals surface area contributed by atoms with Gasteiger partial charge in [-0.3, -0.25) is 0 Å². The molecule has 1 fully saturated rings. The Hall–Kier alpha value is -2.42. The number of aromatic nitrogens is 2. The summed E-state index contributed by atoms with van der Waals surface area (Å²) in [5.74, 6) is 1.03. The van der Waals surface area contributed by atoms with Gasteiger partial charge in [-0.2, -0.15) is 0 Å². The minimum absolute atomic E-state index is 0.962. The quantitative estimate of drug-likeness (QED) is 0.708. The maximum Gasteiger partial charge on any atom is 0.155 e. The SMILES string of the molecule is Cc1ccccc1-c1nc2ccccc2nc1N1CCCC1. The maximum absolute atomic E-state index is 4.95. The highest BCUT2D eigenvalue weighted by Crippen LogP contribution is 2.33. The zero-order chi connectivity index (χ0) is 14.9. The summed E-state index contributed by atoms with van der Waals surface area (Å²) in [7, 11) is 0. The van der Waals surface area contributed by atoms with Crippen LogP contribution in [0.3, 0.4) is 0 Å². The van der Waals surface area contributed by atoms with Gasteiger partial charge in [0.2, 0.25) is 0 Å². The molecule has 0 bridgehead atoms. The monoisotopic (exact) mass is 289 g/mol. The Morgan fingerprint density at radius 3 is 2.18 bits per heavy atom. The molecule has 0 amide bonds. The van der Waals surface area contributed by atoms with E-state index in [-0.39, 0.29) is 0 Å². The highest BCUT2D eigenvalue weighted by molar-refractivity contribution is 5.84. The van der Waals surface area contributed by atoms with Crippen molar-refractivity contribution in [3.05, 3.63) is 54.1 Å². The second kappa shape index (κ2) is 5.41. The van der Waals surface area contributed by atoms with Crippen LogP contribution < -0.4 is 4.90 Å². The van der Waals surface area contributed by atoms with Gasteiger partial charge < -0.3 is 4.90 Å². The lowest BCUT2D eigenvalue weighted by Crippen LogP contribution is -2.20. The lowest BCUT2D eigenvalue weighted by Gasteiger charge is -2.20. The fourth-order valence-electron chi connectivity index (χ4n) is 3.16. The first-order chi connectivity index (χ1) is 10.8. The summed E-state index contributed by atoms with van der Waals surface area (Å²) in [6.45, 7) is 4.29. The fourth-order valence-corrected chi connectivity index (χ4v) is 3.16. The molecule has 0 radical (unpaired) electrons. The van der Waals surface area contributed by atoms with E-state index in [1.807, 2.05) is 24.3 Å². The van der Waals surface area contributed by atoms with Gasteiger partial charge in [0.25, 0.3) is 0 Å². The summed E-state index contributed by atoms with van der Waals surface area (Å²) in [4.78, 5) is 12.3. The number of rotatable bonds is 2. The Morgan fingerprint density at radius 1 is 0.818 bits per heavy atom. The molecule has 0 saturated carbocycles. The predicted molar refractivity (Wildman–Crippen MR) is 91.2 cm³/mol. The summed E-state index contributed by atoms with van der Waals surface area (Å²) in [6, 6.07) is 16.6. The van der Waals surface area contributed by atoms with Crippen molar-refractivity contribution in [3.63, 3.8) is 0 Å². The van der Waals surface area contributed by atoms with E-state index in [2.05, 4.69) is 36.1 Å². The third-order valence-electron chi connectivity index (χ3n) is 4.36. The van der Waals surface area contributed by atoms with Crippen molar-refractivity contribution in [2.24, 2.45) is 0 Å². The van der Waals surface area contributed by atoms with Gasteiger partial charge >= 0.3 is 0 Å². The molecule has 1 aliphatic heterocycles. The van der Waals surface area contributed by atoms with Crippen molar-refractivity contribution in [1.29, 1.82) is 0 Å². The van der Waals surface area contributed by atoms with Crippen LogP contribution in [-0.4, -0.2) is 23.1 Å². The van der Waals surface area contributed by atoms with E-state index in [0.29, 0.717) is 0 Å². The van der Waals surface area contributed by atoms with E-state index in [1.54, 1.807) is 0 Å². The lowest BCUT2D eigenvalue weighted by molar-refractivity contribution is 0.938. The zero-order valence-electron chi connectivity index (χ0n) is 12.8. The van der Waals surface area contributed by atoms with Gasteiger partial charge in [-0.25, -0.2) is 9.97 Å². The molecule has 0 N–H and O–H groups in total. The predicted octanol–water partition coefficient (Wildman–Crippen LogP) is 4.21. The van der Waals surface area contributed by atoms with E-state index in [4.69, 9.17) is 9.97 Å². The molecule has 1 aromatic heterocycles. The first kappa shape index (κ1) is 13.3. The number of nitrogens with zero attached hydrogens (tertiary/aromatic N) is 3. The number of hydrogen-bond donors (Lipinski definition) is 0. The normalized spacial score (nSPS) is 14.7. The second-order valence-electron chi connectivity index (χ2n) is 5.89. The average molecular weight is 289 g/mol. The largest absolute Gasteiger partial charge is 0.355 e. The molecule has 0 spiro atoms. The van der Waals surface area contributed by atoms with E-state index < -0.39 is 0 Å². The van der Waals surface area contributed by atoms with Crippen LogP contribution >= 0.6 is 0 Å². The van der Waals surface area contributed by atoms with E-state index in [1.165, 1.54) is 24.0 Å². The van der Waals surface area contributed by atoms with Gasteiger partial charge in [0.1, 0.15) is 5.69 Å². The van der Waals surface area contributed by atoms with Crippen LogP contribution in [-0.2, 0) is 0 Å². The number of benzene rings is 2. The summed E-state index contributed by atoms with van der Waals surface area (Å²) < 4.78 is 0. The van der Waals surface area contributed by atoms with Crippen LogP contribution in [0.2, 0.25) is 0 Å². The highest BCUT2D eigenvalue weighted by Gasteiger charge is 2.20. The summed E-state index contributed by atoms with van der Waals surface area (Å²) in [5, 5.41) is 0. The second-order valence-corrected chi connectivity index (χ2v) is 5.89. The van der Waals surface area contributed by atoms with Crippen LogP contribution in [0.4, 0.5) is 5.82 Å². The molecule has 3 aromatic rings. The van der Waals surface area contributed by atoms with Crippen molar-refractivity contribution >= 4 is 16.9 Å². The first-order valence-electron chi connectivity index (χ1n) is 7.91. The van der Waals surface area contributed by atoms with Crippen LogP contribution in [0, 0.1) is 6.92 Å². The smallest absolute Gasteiger partial charge is 0.155 e. The summed E-state index contributed by atoms with van der Waals surface area (Å²) in [5.41, 5.74) is 5.37. The van der Waals surface area contributed by atoms with Gasteiger partial charge in [0.15, 0.2) is 5.82 Å². The van der Waals surface area contributed by atoms with Crippen molar-refractivity contribution in [2.75, 3.05) is 18.0 Å². The van der Waals surface area contributed by atoms with Gasteiger partial charge in [-0.1, -0.05) is 36.4 Å². The number of aryl methyl sites for hydroxylation is 1. The Labute approximate surface area is 130 Å². The molecule has 0 atom stereocenters. The maximum atomic E-state index is 4.95. The molecular weight excluding hydrogens is 270 g/mol. The highest BCUT2D eigenvalue weighted by atomic mass is 15.2. The van der Waals surface area contributed by atoms with Gasteiger partial charge in [-0.05, 0) is 37.5 Å². The molecule has 3 heteroatoms. The van der Waals surface area contributed by atoms with Crippen molar-refractivity contribution in [2.45, 2.75) is 19.8 Å². The molecule has 22 heavy (non-hydrogen) atoms. The van der Waals surface area contributed by atoms with Gasteiger partial charge in [0, 0.05) is 18.7 Å². The topological polar surface area (TPSA) is 29.0 Å². The van der Waals surface area contributed by atoms with Gasteiger partial charge in [0.05, 0.1) is 11.0 Å². The van der Waals surface area contributed by atoms with E-state index >= 15 is 0 Å².